The summed E-state index contributed by atoms with van der Waals surface area (Å²) in [4.78, 5) is 11.3. The molecule has 4 nitrogen and oxygen atoms in total. The van der Waals surface area contributed by atoms with Gasteiger partial charge in [0.05, 0.1) is 6.07 Å². The van der Waals surface area contributed by atoms with Crippen molar-refractivity contribution in [3.8, 4) is 5.75 Å². The molecule has 0 fully saturated rings. The fourth-order valence-corrected chi connectivity index (χ4v) is 2.67. The molecule has 0 saturated carbocycles. The van der Waals surface area contributed by atoms with E-state index in [0.717, 1.165) is 6.07 Å². The van der Waals surface area contributed by atoms with E-state index in [1.807, 2.05) is 20.8 Å². The maximum Gasteiger partial charge on any atom is 0.339 e. The predicted molar refractivity (Wildman–Crippen MR) is 68.8 cm³/mol. The van der Waals surface area contributed by atoms with Crippen molar-refractivity contribution in [2.45, 2.75) is 40.0 Å². The highest BCUT2D eigenvalue weighted by Crippen LogP contribution is 2.36. The molecule has 1 aromatic rings. The summed E-state index contributed by atoms with van der Waals surface area (Å²) in [7, 11) is -1.27. The van der Waals surface area contributed by atoms with Crippen LogP contribution in [0.1, 0.15) is 32.6 Å². The summed E-state index contributed by atoms with van der Waals surface area (Å²) < 4.78 is 11.0. The van der Waals surface area contributed by atoms with E-state index in [9.17, 15) is 9.90 Å². The number of rotatable bonds is 3. The Labute approximate surface area is 103 Å². The molecule has 1 unspecified atom stereocenters. The summed E-state index contributed by atoms with van der Waals surface area (Å²) in [6, 6.07) is 2.50. The summed E-state index contributed by atoms with van der Waals surface area (Å²) in [6.07, 6.45) is -0.311. The van der Waals surface area contributed by atoms with Crippen molar-refractivity contribution in [1.82, 2.24) is 0 Å². The second kappa shape index (κ2) is 5.06. The molecule has 0 spiro atoms. The fraction of sp³-hybridized carbons (Fsp3) is 0.583. The van der Waals surface area contributed by atoms with Gasteiger partial charge in [-0.25, -0.2) is 4.79 Å². The van der Waals surface area contributed by atoms with E-state index < -0.39 is 14.7 Å². The average Bonchev–Trinajstić information content (AvgIpc) is 2.10. The maximum absolute atomic E-state index is 11.3. The Bertz CT molecular complexity index is 431. The third-order valence-corrected chi connectivity index (χ3v) is 3.04. The molecule has 0 aliphatic carbocycles. The molecule has 1 heterocycles. The molecule has 0 aliphatic heterocycles. The van der Waals surface area contributed by atoms with Crippen LogP contribution in [0.3, 0.4) is 0 Å². The van der Waals surface area contributed by atoms with Crippen molar-refractivity contribution in [2.24, 2.45) is 5.41 Å². The van der Waals surface area contributed by atoms with Crippen LogP contribution in [0.5, 0.6) is 5.75 Å². The number of hydrogen-bond donors (Lipinski definition) is 1. The highest BCUT2D eigenvalue weighted by molar-refractivity contribution is 6.48. The molecule has 1 rings (SSSR count). The summed E-state index contributed by atoms with van der Waals surface area (Å²) in [5.41, 5.74) is -0.746. The van der Waals surface area contributed by atoms with Gasteiger partial charge in [-0.15, -0.1) is 0 Å². The Morgan fingerprint density at radius 2 is 1.94 bits per heavy atom. The van der Waals surface area contributed by atoms with Gasteiger partial charge in [0.15, 0.2) is 9.04 Å². The van der Waals surface area contributed by atoms with Gasteiger partial charge >= 0.3 is 5.63 Å². The van der Waals surface area contributed by atoms with Crippen molar-refractivity contribution in [3.05, 3.63) is 28.3 Å². The van der Waals surface area contributed by atoms with Crippen LogP contribution in [0, 0.1) is 5.41 Å². The standard InChI is InChI=1S/C12H20O4Si/c1-12(2,3)11(16-17(4)5)9-6-8(13)7-10(14)15-9/h6-7,11,13,17H,1-5H3. The molecular weight excluding hydrogens is 236 g/mol. The second-order valence-corrected chi connectivity index (χ2v) is 7.84. The van der Waals surface area contributed by atoms with E-state index in [1.165, 1.54) is 6.07 Å². The molecule has 0 aromatic carbocycles. The third kappa shape index (κ3) is 4.01. The molecule has 0 amide bonds. The predicted octanol–water partition coefficient (Wildman–Crippen LogP) is 2.43. The van der Waals surface area contributed by atoms with E-state index in [1.54, 1.807) is 0 Å². The molecule has 17 heavy (non-hydrogen) atoms. The third-order valence-electron chi connectivity index (χ3n) is 2.23. The van der Waals surface area contributed by atoms with Crippen LogP contribution >= 0.6 is 0 Å². The van der Waals surface area contributed by atoms with Gasteiger partial charge in [-0.05, 0) is 18.5 Å². The van der Waals surface area contributed by atoms with Crippen molar-refractivity contribution in [2.75, 3.05) is 0 Å². The average molecular weight is 256 g/mol. The highest BCUT2D eigenvalue weighted by Gasteiger charge is 2.30. The van der Waals surface area contributed by atoms with Crippen molar-refractivity contribution in [1.29, 1.82) is 0 Å². The Hall–Kier alpha value is -1.07. The van der Waals surface area contributed by atoms with Crippen LogP contribution in [0.25, 0.3) is 0 Å². The lowest BCUT2D eigenvalue weighted by Gasteiger charge is -2.31. The van der Waals surface area contributed by atoms with Gasteiger partial charge in [0.2, 0.25) is 0 Å². The van der Waals surface area contributed by atoms with Crippen LogP contribution in [0.4, 0.5) is 0 Å². The van der Waals surface area contributed by atoms with Gasteiger partial charge in [-0.2, -0.15) is 0 Å². The molecule has 0 radical (unpaired) electrons. The number of aromatic hydroxyl groups is 1. The van der Waals surface area contributed by atoms with Crippen LogP contribution in [-0.2, 0) is 4.43 Å². The van der Waals surface area contributed by atoms with E-state index >= 15 is 0 Å². The van der Waals surface area contributed by atoms with E-state index in [4.69, 9.17) is 8.84 Å². The van der Waals surface area contributed by atoms with Crippen LogP contribution in [0.15, 0.2) is 21.3 Å². The first-order valence-electron chi connectivity index (χ1n) is 5.69. The first-order chi connectivity index (χ1) is 7.70. The molecule has 1 aromatic heterocycles. The second-order valence-electron chi connectivity index (χ2n) is 5.47. The smallest absolute Gasteiger partial charge is 0.339 e. The van der Waals surface area contributed by atoms with Crippen molar-refractivity contribution < 1.29 is 13.9 Å². The van der Waals surface area contributed by atoms with Gasteiger partial charge in [0, 0.05) is 6.07 Å². The molecule has 1 atom stereocenters. The molecule has 0 saturated heterocycles. The minimum absolute atomic E-state index is 0.0838. The zero-order valence-corrected chi connectivity index (χ0v) is 12.1. The Kier molecular flexibility index (Phi) is 4.16. The normalized spacial score (nSPS) is 14.0. The lowest BCUT2D eigenvalue weighted by Crippen LogP contribution is -2.26. The fourth-order valence-electron chi connectivity index (χ4n) is 1.58. The van der Waals surface area contributed by atoms with E-state index in [-0.39, 0.29) is 17.3 Å². The van der Waals surface area contributed by atoms with Crippen molar-refractivity contribution >= 4 is 9.04 Å². The number of hydrogen-bond acceptors (Lipinski definition) is 4. The lowest BCUT2D eigenvalue weighted by atomic mass is 9.87. The molecule has 5 heteroatoms. The van der Waals surface area contributed by atoms with Crippen LogP contribution in [0.2, 0.25) is 13.1 Å². The van der Waals surface area contributed by atoms with Gasteiger partial charge in [-0.3, -0.25) is 0 Å². The molecule has 96 valence electrons. The zero-order chi connectivity index (χ0) is 13.2. The maximum atomic E-state index is 11.3. The first kappa shape index (κ1) is 14.0. The molecular formula is C12H20O4Si. The SMILES string of the molecule is C[SiH](C)OC(c1cc(O)cc(=O)o1)C(C)(C)C. The monoisotopic (exact) mass is 256 g/mol. The van der Waals surface area contributed by atoms with E-state index in [2.05, 4.69) is 13.1 Å². The van der Waals surface area contributed by atoms with Crippen LogP contribution < -0.4 is 5.63 Å². The van der Waals surface area contributed by atoms with Gasteiger partial charge < -0.3 is 13.9 Å². The Balaban J connectivity index is 3.17. The summed E-state index contributed by atoms with van der Waals surface area (Å²) in [5, 5.41) is 9.44. The Morgan fingerprint density at radius 1 is 1.35 bits per heavy atom. The summed E-state index contributed by atoms with van der Waals surface area (Å²) in [5.74, 6) is 0.309. The first-order valence-corrected chi connectivity index (χ1v) is 8.47. The largest absolute Gasteiger partial charge is 0.508 e. The van der Waals surface area contributed by atoms with Crippen molar-refractivity contribution in [3.63, 3.8) is 0 Å². The summed E-state index contributed by atoms with van der Waals surface area (Å²) in [6.45, 7) is 10.1. The zero-order valence-electron chi connectivity index (χ0n) is 11.0. The van der Waals surface area contributed by atoms with Gasteiger partial charge in [0.1, 0.15) is 17.6 Å². The summed E-state index contributed by atoms with van der Waals surface area (Å²) >= 11 is 0. The highest BCUT2D eigenvalue weighted by atomic mass is 28.3. The quantitative estimate of drug-likeness (QED) is 0.844. The topological polar surface area (TPSA) is 59.7 Å². The molecule has 1 N–H and O–H groups in total. The molecule has 0 bridgehead atoms. The van der Waals surface area contributed by atoms with Gasteiger partial charge in [-0.1, -0.05) is 20.8 Å². The lowest BCUT2D eigenvalue weighted by molar-refractivity contribution is 0.0627. The van der Waals surface area contributed by atoms with Crippen LogP contribution in [-0.4, -0.2) is 14.1 Å². The minimum atomic E-state index is -1.27. The van der Waals surface area contributed by atoms with E-state index in [0.29, 0.717) is 5.76 Å². The molecule has 0 aliphatic rings. The Morgan fingerprint density at radius 3 is 2.35 bits per heavy atom. The van der Waals surface area contributed by atoms with Gasteiger partial charge in [0.25, 0.3) is 0 Å². The minimum Gasteiger partial charge on any atom is -0.508 e.